The van der Waals surface area contributed by atoms with Crippen molar-refractivity contribution in [3.8, 4) is 0 Å². The second-order valence-corrected chi connectivity index (χ2v) is 6.24. The zero-order valence-electron chi connectivity index (χ0n) is 12.1. The van der Waals surface area contributed by atoms with E-state index in [1.165, 1.54) is 11.1 Å². The summed E-state index contributed by atoms with van der Waals surface area (Å²) in [6.07, 6.45) is 1.16. The van der Waals surface area contributed by atoms with E-state index in [-0.39, 0.29) is 0 Å². The molecule has 0 aliphatic heterocycles. The van der Waals surface area contributed by atoms with Crippen LogP contribution in [-0.2, 0) is 0 Å². The molecule has 0 aliphatic rings. The van der Waals surface area contributed by atoms with Gasteiger partial charge in [0.1, 0.15) is 0 Å². The molecule has 0 bridgehead atoms. The van der Waals surface area contributed by atoms with Crippen LogP contribution >= 0.6 is 15.9 Å². The van der Waals surface area contributed by atoms with Crippen LogP contribution in [0.3, 0.4) is 0 Å². The third kappa shape index (κ3) is 4.46. The number of rotatable bonds is 6. The first-order valence-corrected chi connectivity index (χ1v) is 8.00. The standard InChI is InChI=1S/C18H22BrN/c1-14(16-6-4-3-5-7-16)12-13-20-15(2)17-8-10-18(19)11-9-17/h3-11,14-15,20H,12-13H2,1-2H3/t14?,15-/m0/s1. The van der Waals surface area contributed by atoms with E-state index in [1.807, 2.05) is 0 Å². The maximum atomic E-state index is 3.60. The molecular formula is C18H22BrN. The molecule has 0 fully saturated rings. The highest BCUT2D eigenvalue weighted by Gasteiger charge is 2.07. The molecule has 0 saturated heterocycles. The minimum atomic E-state index is 0.395. The fourth-order valence-electron chi connectivity index (χ4n) is 2.33. The van der Waals surface area contributed by atoms with Crippen molar-refractivity contribution in [3.63, 3.8) is 0 Å². The van der Waals surface area contributed by atoms with Gasteiger partial charge < -0.3 is 5.32 Å². The van der Waals surface area contributed by atoms with Crippen molar-refractivity contribution < 1.29 is 0 Å². The first-order chi connectivity index (χ1) is 9.66. The summed E-state index contributed by atoms with van der Waals surface area (Å²) in [6, 6.07) is 19.7. The van der Waals surface area contributed by atoms with Crippen LogP contribution in [-0.4, -0.2) is 6.54 Å². The van der Waals surface area contributed by atoms with Crippen LogP contribution in [0.5, 0.6) is 0 Å². The Hall–Kier alpha value is -1.12. The van der Waals surface area contributed by atoms with Crippen molar-refractivity contribution in [2.75, 3.05) is 6.54 Å². The maximum absolute atomic E-state index is 3.60. The number of hydrogen-bond acceptors (Lipinski definition) is 1. The highest BCUT2D eigenvalue weighted by Crippen LogP contribution is 2.19. The van der Waals surface area contributed by atoms with E-state index >= 15 is 0 Å². The summed E-state index contributed by atoms with van der Waals surface area (Å²) < 4.78 is 1.13. The van der Waals surface area contributed by atoms with Gasteiger partial charge in [-0.1, -0.05) is 65.3 Å². The van der Waals surface area contributed by atoms with Crippen LogP contribution in [0, 0.1) is 0 Å². The van der Waals surface area contributed by atoms with Gasteiger partial charge in [-0.05, 0) is 49.1 Å². The van der Waals surface area contributed by atoms with Gasteiger partial charge in [0, 0.05) is 10.5 Å². The summed E-state index contributed by atoms with van der Waals surface area (Å²) in [4.78, 5) is 0. The SMILES string of the molecule is CC(CCN[C@@H](C)c1ccc(Br)cc1)c1ccccc1. The fraction of sp³-hybridized carbons (Fsp3) is 0.333. The van der Waals surface area contributed by atoms with E-state index < -0.39 is 0 Å². The molecular weight excluding hydrogens is 310 g/mol. The van der Waals surface area contributed by atoms with E-state index in [9.17, 15) is 0 Å². The fourth-order valence-corrected chi connectivity index (χ4v) is 2.60. The molecule has 0 saturated carbocycles. The quantitative estimate of drug-likeness (QED) is 0.757. The second kappa shape index (κ2) is 7.61. The molecule has 0 aromatic heterocycles. The Bertz CT molecular complexity index is 507. The summed E-state index contributed by atoms with van der Waals surface area (Å²) in [5, 5.41) is 3.60. The number of hydrogen-bond donors (Lipinski definition) is 1. The molecule has 0 heterocycles. The smallest absolute Gasteiger partial charge is 0.0291 e. The van der Waals surface area contributed by atoms with Crippen LogP contribution in [0.25, 0.3) is 0 Å². The minimum Gasteiger partial charge on any atom is -0.310 e. The Morgan fingerprint density at radius 1 is 0.900 bits per heavy atom. The van der Waals surface area contributed by atoms with E-state index in [4.69, 9.17) is 0 Å². The molecule has 0 spiro atoms. The third-order valence-corrected chi connectivity index (χ3v) is 4.30. The van der Waals surface area contributed by atoms with E-state index in [1.54, 1.807) is 0 Å². The van der Waals surface area contributed by atoms with E-state index in [2.05, 4.69) is 89.7 Å². The predicted molar refractivity (Wildman–Crippen MR) is 90.0 cm³/mol. The lowest BCUT2D eigenvalue weighted by Gasteiger charge is -2.17. The van der Waals surface area contributed by atoms with Crippen LogP contribution in [0.15, 0.2) is 59.1 Å². The summed E-state index contributed by atoms with van der Waals surface area (Å²) in [5.74, 6) is 0.598. The molecule has 0 radical (unpaired) electrons. The average molecular weight is 332 g/mol. The highest BCUT2D eigenvalue weighted by molar-refractivity contribution is 9.10. The summed E-state index contributed by atoms with van der Waals surface area (Å²) >= 11 is 3.47. The number of halogens is 1. The summed E-state index contributed by atoms with van der Waals surface area (Å²) in [7, 11) is 0. The molecule has 106 valence electrons. The van der Waals surface area contributed by atoms with Gasteiger partial charge in [0.05, 0.1) is 0 Å². The first-order valence-electron chi connectivity index (χ1n) is 7.20. The van der Waals surface area contributed by atoms with E-state index in [0.717, 1.165) is 17.4 Å². The van der Waals surface area contributed by atoms with Crippen molar-refractivity contribution in [2.24, 2.45) is 0 Å². The third-order valence-electron chi connectivity index (χ3n) is 3.77. The Morgan fingerprint density at radius 2 is 1.55 bits per heavy atom. The van der Waals surface area contributed by atoms with Crippen LogP contribution in [0.4, 0.5) is 0 Å². The predicted octanol–water partition coefficient (Wildman–Crippen LogP) is 5.29. The molecule has 20 heavy (non-hydrogen) atoms. The molecule has 1 N–H and O–H groups in total. The average Bonchev–Trinajstić information content (AvgIpc) is 2.48. The van der Waals surface area contributed by atoms with Gasteiger partial charge in [0.25, 0.3) is 0 Å². The molecule has 2 atom stereocenters. The minimum absolute atomic E-state index is 0.395. The van der Waals surface area contributed by atoms with Gasteiger partial charge in [-0.25, -0.2) is 0 Å². The van der Waals surface area contributed by atoms with Crippen LogP contribution in [0.1, 0.15) is 43.4 Å². The van der Waals surface area contributed by atoms with Crippen LogP contribution < -0.4 is 5.32 Å². The van der Waals surface area contributed by atoms with Gasteiger partial charge in [0.2, 0.25) is 0 Å². The number of benzene rings is 2. The largest absolute Gasteiger partial charge is 0.310 e. The van der Waals surface area contributed by atoms with Crippen molar-refractivity contribution >= 4 is 15.9 Å². The summed E-state index contributed by atoms with van der Waals surface area (Å²) in [6.45, 7) is 5.55. The topological polar surface area (TPSA) is 12.0 Å². The first kappa shape index (κ1) is 15.3. The highest BCUT2D eigenvalue weighted by atomic mass is 79.9. The van der Waals surface area contributed by atoms with Gasteiger partial charge >= 0.3 is 0 Å². The molecule has 2 aromatic carbocycles. The lowest BCUT2D eigenvalue weighted by molar-refractivity contribution is 0.531. The Morgan fingerprint density at radius 3 is 2.20 bits per heavy atom. The lowest BCUT2D eigenvalue weighted by atomic mass is 9.98. The zero-order chi connectivity index (χ0) is 14.4. The lowest BCUT2D eigenvalue weighted by Crippen LogP contribution is -2.21. The van der Waals surface area contributed by atoms with Gasteiger partial charge in [-0.15, -0.1) is 0 Å². The van der Waals surface area contributed by atoms with Gasteiger partial charge in [0.15, 0.2) is 0 Å². The molecule has 2 heteroatoms. The van der Waals surface area contributed by atoms with Gasteiger partial charge in [-0.2, -0.15) is 0 Å². The maximum Gasteiger partial charge on any atom is 0.0291 e. The number of nitrogens with one attached hydrogen (secondary N) is 1. The second-order valence-electron chi connectivity index (χ2n) is 5.33. The molecule has 2 aromatic rings. The molecule has 0 amide bonds. The van der Waals surface area contributed by atoms with E-state index in [0.29, 0.717) is 12.0 Å². The molecule has 1 unspecified atom stereocenters. The van der Waals surface area contributed by atoms with Crippen molar-refractivity contribution in [2.45, 2.75) is 32.2 Å². The summed E-state index contributed by atoms with van der Waals surface area (Å²) in [5.41, 5.74) is 2.76. The Balaban J connectivity index is 1.79. The van der Waals surface area contributed by atoms with Gasteiger partial charge in [-0.3, -0.25) is 0 Å². The molecule has 2 rings (SSSR count). The van der Waals surface area contributed by atoms with Crippen molar-refractivity contribution in [1.29, 1.82) is 0 Å². The molecule has 0 aliphatic carbocycles. The zero-order valence-corrected chi connectivity index (χ0v) is 13.7. The monoisotopic (exact) mass is 331 g/mol. The van der Waals surface area contributed by atoms with Crippen molar-refractivity contribution in [1.82, 2.24) is 5.32 Å². The Kier molecular flexibility index (Phi) is 5.81. The normalized spacial score (nSPS) is 13.9. The molecule has 1 nitrogen and oxygen atoms in total. The Labute approximate surface area is 130 Å². The van der Waals surface area contributed by atoms with Crippen molar-refractivity contribution in [3.05, 3.63) is 70.2 Å². The van der Waals surface area contributed by atoms with Crippen LogP contribution in [0.2, 0.25) is 0 Å².